The molecule has 0 aliphatic rings. The van der Waals surface area contributed by atoms with E-state index < -0.39 is 0 Å². The Hall–Kier alpha value is -1.13. The summed E-state index contributed by atoms with van der Waals surface area (Å²) in [4.78, 5) is 15.6. The number of carbonyl (C=O) groups is 1. The number of Topliss-reactive ketones (excluding diaryl/α,β-unsaturated/α-hetero) is 1. The van der Waals surface area contributed by atoms with E-state index in [1.807, 2.05) is 13.8 Å². The lowest BCUT2D eigenvalue weighted by atomic mass is 10.1. The maximum atomic E-state index is 11.8. The van der Waals surface area contributed by atoms with Crippen LogP contribution in [0.1, 0.15) is 30.6 Å². The maximum absolute atomic E-state index is 11.8. The average Bonchev–Trinajstić information content (AvgIpc) is 2.21. The van der Waals surface area contributed by atoms with Crippen LogP contribution in [0.2, 0.25) is 5.02 Å². The average molecular weight is 242 g/mol. The Kier molecular flexibility index (Phi) is 4.71. The molecule has 0 fully saturated rings. The summed E-state index contributed by atoms with van der Waals surface area (Å²) in [6, 6.07) is 1.92. The van der Waals surface area contributed by atoms with E-state index in [4.69, 9.17) is 17.3 Å². The highest BCUT2D eigenvalue weighted by atomic mass is 35.5. The number of hydrogen-bond donors (Lipinski definition) is 2. The van der Waals surface area contributed by atoms with Gasteiger partial charge in [0.2, 0.25) is 0 Å². The highest BCUT2D eigenvalue weighted by Crippen LogP contribution is 2.16. The zero-order chi connectivity index (χ0) is 12.1. The van der Waals surface area contributed by atoms with Crippen LogP contribution in [0, 0.1) is 0 Å². The number of hydrogen-bond acceptors (Lipinski definition) is 4. The molecule has 0 bridgehead atoms. The van der Waals surface area contributed by atoms with Gasteiger partial charge in [0.25, 0.3) is 0 Å². The third kappa shape index (κ3) is 3.79. The Labute approximate surface area is 100 Å². The lowest BCUT2D eigenvalue weighted by Crippen LogP contribution is -2.25. The number of nitrogen functional groups attached to an aromatic ring is 1. The van der Waals surface area contributed by atoms with Crippen molar-refractivity contribution in [1.29, 1.82) is 0 Å². The molecule has 88 valence electrons. The second kappa shape index (κ2) is 5.82. The molecule has 0 aliphatic carbocycles. The number of halogens is 1. The van der Waals surface area contributed by atoms with Crippen molar-refractivity contribution in [3.63, 3.8) is 0 Å². The molecule has 0 aliphatic heterocycles. The Morgan fingerprint density at radius 1 is 1.62 bits per heavy atom. The van der Waals surface area contributed by atoms with Gasteiger partial charge in [0.1, 0.15) is 5.82 Å². The third-order valence-corrected chi connectivity index (χ3v) is 2.30. The van der Waals surface area contributed by atoms with Crippen LogP contribution in [0.4, 0.5) is 5.82 Å². The van der Waals surface area contributed by atoms with Gasteiger partial charge in [-0.25, -0.2) is 4.98 Å². The van der Waals surface area contributed by atoms with Gasteiger partial charge in [-0.3, -0.25) is 4.79 Å². The molecule has 1 aromatic heterocycles. The molecular formula is C11H16ClN3O. The van der Waals surface area contributed by atoms with E-state index in [9.17, 15) is 4.79 Å². The van der Waals surface area contributed by atoms with E-state index in [0.717, 1.165) is 0 Å². The summed E-state index contributed by atoms with van der Waals surface area (Å²) < 4.78 is 0. The van der Waals surface area contributed by atoms with E-state index in [1.54, 1.807) is 6.07 Å². The smallest absolute Gasteiger partial charge is 0.167 e. The first-order valence-corrected chi connectivity index (χ1v) is 5.56. The molecule has 16 heavy (non-hydrogen) atoms. The predicted octanol–water partition coefficient (Wildman–Crippen LogP) is 1.89. The minimum absolute atomic E-state index is 0.0411. The minimum atomic E-state index is -0.0411. The second-order valence-corrected chi connectivity index (χ2v) is 4.30. The summed E-state index contributed by atoms with van der Waals surface area (Å²) in [6.45, 7) is 4.68. The fourth-order valence-corrected chi connectivity index (χ4v) is 1.44. The zero-order valence-electron chi connectivity index (χ0n) is 9.46. The number of aromatic nitrogens is 1. The fraction of sp³-hybridized carbons (Fsp3) is 0.455. The molecule has 1 rings (SSSR count). The van der Waals surface area contributed by atoms with E-state index >= 15 is 0 Å². The summed E-state index contributed by atoms with van der Waals surface area (Å²) in [6.07, 6.45) is 1.82. The molecular weight excluding hydrogens is 226 g/mol. The van der Waals surface area contributed by atoms with Crippen molar-refractivity contribution < 1.29 is 4.79 Å². The lowest BCUT2D eigenvalue weighted by Gasteiger charge is -2.08. The quantitative estimate of drug-likeness (QED) is 0.773. The third-order valence-electron chi connectivity index (χ3n) is 2.09. The van der Waals surface area contributed by atoms with E-state index in [-0.39, 0.29) is 11.6 Å². The summed E-state index contributed by atoms with van der Waals surface area (Å²) in [5.74, 6) is 0.194. The van der Waals surface area contributed by atoms with Crippen molar-refractivity contribution in [2.45, 2.75) is 26.3 Å². The van der Waals surface area contributed by atoms with Crippen LogP contribution in [0.3, 0.4) is 0 Å². The monoisotopic (exact) mass is 241 g/mol. The van der Waals surface area contributed by atoms with Crippen LogP contribution in [0.5, 0.6) is 0 Å². The molecule has 0 saturated carbocycles. The SMILES string of the molecule is CC(C)NCCC(=O)c1cc(Cl)cnc1N. The number of anilines is 1. The summed E-state index contributed by atoms with van der Waals surface area (Å²) in [7, 11) is 0. The number of nitrogens with one attached hydrogen (secondary N) is 1. The molecule has 3 N–H and O–H groups in total. The number of ketones is 1. The largest absolute Gasteiger partial charge is 0.383 e. The van der Waals surface area contributed by atoms with Crippen LogP contribution in [-0.4, -0.2) is 23.4 Å². The normalized spacial score (nSPS) is 10.8. The van der Waals surface area contributed by atoms with Gasteiger partial charge in [-0.05, 0) is 6.07 Å². The van der Waals surface area contributed by atoms with Gasteiger partial charge < -0.3 is 11.1 Å². The standard InChI is InChI=1S/C11H16ClN3O/c1-7(2)14-4-3-10(16)9-5-8(12)6-15-11(9)13/h5-7,14H,3-4H2,1-2H3,(H2,13,15). The van der Waals surface area contributed by atoms with E-state index in [1.165, 1.54) is 6.20 Å². The second-order valence-electron chi connectivity index (χ2n) is 3.87. The number of carbonyl (C=O) groups excluding carboxylic acids is 1. The minimum Gasteiger partial charge on any atom is -0.383 e. The van der Waals surface area contributed by atoms with E-state index in [0.29, 0.717) is 29.6 Å². The Morgan fingerprint density at radius 2 is 2.31 bits per heavy atom. The zero-order valence-corrected chi connectivity index (χ0v) is 10.2. The summed E-state index contributed by atoms with van der Waals surface area (Å²) >= 11 is 5.76. The Morgan fingerprint density at radius 3 is 2.94 bits per heavy atom. The first-order valence-electron chi connectivity index (χ1n) is 5.18. The number of rotatable bonds is 5. The number of nitrogens with zero attached hydrogens (tertiary/aromatic N) is 1. The molecule has 0 spiro atoms. The lowest BCUT2D eigenvalue weighted by molar-refractivity contribution is 0.0982. The topological polar surface area (TPSA) is 68.0 Å². The van der Waals surface area contributed by atoms with Crippen molar-refractivity contribution in [3.8, 4) is 0 Å². The van der Waals surface area contributed by atoms with Crippen molar-refractivity contribution in [2.24, 2.45) is 0 Å². The van der Waals surface area contributed by atoms with Gasteiger partial charge in [-0.2, -0.15) is 0 Å². The van der Waals surface area contributed by atoms with Gasteiger partial charge in [-0.15, -0.1) is 0 Å². The molecule has 4 nitrogen and oxygen atoms in total. The first kappa shape index (κ1) is 12.9. The predicted molar refractivity (Wildman–Crippen MR) is 65.7 cm³/mol. The van der Waals surface area contributed by atoms with Crippen LogP contribution in [0.15, 0.2) is 12.3 Å². The highest BCUT2D eigenvalue weighted by Gasteiger charge is 2.11. The summed E-state index contributed by atoms with van der Waals surface area (Å²) in [5.41, 5.74) is 6.01. The maximum Gasteiger partial charge on any atom is 0.167 e. The van der Waals surface area contributed by atoms with Crippen LogP contribution >= 0.6 is 11.6 Å². The molecule has 0 radical (unpaired) electrons. The van der Waals surface area contributed by atoms with Crippen LogP contribution in [0.25, 0.3) is 0 Å². The molecule has 0 atom stereocenters. The van der Waals surface area contributed by atoms with Gasteiger partial charge in [-0.1, -0.05) is 25.4 Å². The van der Waals surface area contributed by atoms with Crippen molar-refractivity contribution in [1.82, 2.24) is 10.3 Å². The molecule has 0 aromatic carbocycles. The molecule has 1 heterocycles. The molecule has 0 amide bonds. The number of nitrogens with two attached hydrogens (primary N) is 1. The van der Waals surface area contributed by atoms with Gasteiger partial charge in [0.15, 0.2) is 5.78 Å². The van der Waals surface area contributed by atoms with Crippen molar-refractivity contribution in [2.75, 3.05) is 12.3 Å². The first-order chi connectivity index (χ1) is 7.50. The fourth-order valence-electron chi connectivity index (χ4n) is 1.28. The molecule has 1 aromatic rings. The Balaban J connectivity index is 2.62. The Bertz CT molecular complexity index is 379. The van der Waals surface area contributed by atoms with Gasteiger partial charge in [0, 0.05) is 25.2 Å². The van der Waals surface area contributed by atoms with Crippen LogP contribution in [-0.2, 0) is 0 Å². The summed E-state index contributed by atoms with van der Waals surface area (Å²) in [5, 5.41) is 3.59. The number of pyridine rings is 1. The molecule has 5 heteroatoms. The van der Waals surface area contributed by atoms with Crippen LogP contribution < -0.4 is 11.1 Å². The van der Waals surface area contributed by atoms with Crippen molar-refractivity contribution >= 4 is 23.2 Å². The highest BCUT2D eigenvalue weighted by molar-refractivity contribution is 6.31. The molecule has 0 saturated heterocycles. The van der Waals surface area contributed by atoms with E-state index in [2.05, 4.69) is 10.3 Å². The van der Waals surface area contributed by atoms with Gasteiger partial charge in [0.05, 0.1) is 10.6 Å². The van der Waals surface area contributed by atoms with Crippen molar-refractivity contribution in [3.05, 3.63) is 22.8 Å². The van der Waals surface area contributed by atoms with Gasteiger partial charge >= 0.3 is 0 Å². The molecule has 0 unspecified atom stereocenters.